The Morgan fingerprint density at radius 1 is 0.846 bits per heavy atom. The van der Waals surface area contributed by atoms with Gasteiger partial charge in [-0.1, -0.05) is 30.3 Å². The van der Waals surface area contributed by atoms with Gasteiger partial charge in [0.25, 0.3) is 17.7 Å². The molecule has 0 fully saturated rings. The molecule has 0 bridgehead atoms. The molecule has 4 N–H and O–H groups in total. The number of carbonyl (C=O) groups is 2. The van der Waals surface area contributed by atoms with Crippen molar-refractivity contribution in [2.45, 2.75) is 31.7 Å². The van der Waals surface area contributed by atoms with Crippen molar-refractivity contribution >= 4 is 28.9 Å². The number of ether oxygens (including phenoxy) is 1. The number of nitrogens with one attached hydrogen (secondary N) is 4. The van der Waals surface area contributed by atoms with Crippen LogP contribution < -0.4 is 21.3 Å². The Balaban J connectivity index is 1.51. The predicted octanol–water partition coefficient (Wildman–Crippen LogP) is 5.82. The van der Waals surface area contributed by atoms with Gasteiger partial charge in [0.2, 0.25) is 0 Å². The molecule has 3 aromatic rings. The lowest BCUT2D eigenvalue weighted by atomic mass is 10.1. The van der Waals surface area contributed by atoms with Crippen LogP contribution >= 0.6 is 0 Å². The van der Waals surface area contributed by atoms with E-state index in [0.29, 0.717) is 5.69 Å². The number of hydrogen-bond acceptors (Lipinski definition) is 5. The number of rotatable bonds is 7. The highest BCUT2D eigenvalue weighted by molar-refractivity contribution is 6.06. The average molecular weight is 552 g/mol. The Labute approximate surface area is 218 Å². The maximum Gasteiger partial charge on any atom is 0.417 e. The van der Waals surface area contributed by atoms with Gasteiger partial charge in [-0.15, -0.1) is 0 Å². The molecule has 0 saturated heterocycles. The first kappa shape index (κ1) is 27.8. The van der Waals surface area contributed by atoms with E-state index in [9.17, 15) is 35.9 Å². The third-order valence-electron chi connectivity index (χ3n) is 5.82. The fourth-order valence-corrected chi connectivity index (χ4v) is 4.09. The highest BCUT2D eigenvalue weighted by Gasteiger charge is 2.45. The molecule has 13 heteroatoms. The van der Waals surface area contributed by atoms with E-state index in [1.54, 1.807) is 6.92 Å². The number of alkyl halides is 6. The molecule has 4 rings (SSSR count). The summed E-state index contributed by atoms with van der Waals surface area (Å²) in [5.41, 5.74) is -1.97. The number of fused-ring (bicyclic) bond motifs is 1. The summed E-state index contributed by atoms with van der Waals surface area (Å²) in [6.07, 6.45) is -9.34. The molecule has 0 saturated carbocycles. The van der Waals surface area contributed by atoms with Crippen LogP contribution in [0.2, 0.25) is 0 Å². The Morgan fingerprint density at radius 2 is 1.46 bits per heavy atom. The molecule has 1 aliphatic rings. The maximum absolute atomic E-state index is 13.3. The van der Waals surface area contributed by atoms with Crippen LogP contribution in [0.1, 0.15) is 34.0 Å². The number of anilines is 3. The van der Waals surface area contributed by atoms with E-state index in [1.807, 2.05) is 0 Å². The summed E-state index contributed by atoms with van der Waals surface area (Å²) < 4.78 is 85.5. The molecule has 1 unspecified atom stereocenters. The summed E-state index contributed by atoms with van der Waals surface area (Å²) in [5, 5.41) is 10.5. The van der Waals surface area contributed by atoms with Gasteiger partial charge < -0.3 is 26.0 Å². The smallest absolute Gasteiger partial charge is 0.346 e. The van der Waals surface area contributed by atoms with E-state index in [0.717, 1.165) is 18.2 Å². The average Bonchev–Trinajstić information content (AvgIpc) is 3.25. The Hall–Kier alpha value is -4.26. The molecule has 0 aromatic heterocycles. The summed E-state index contributed by atoms with van der Waals surface area (Å²) >= 11 is 0. The Kier molecular flexibility index (Phi) is 7.46. The lowest BCUT2D eigenvalue weighted by Gasteiger charge is -2.28. The van der Waals surface area contributed by atoms with Gasteiger partial charge in [0.05, 0.1) is 28.1 Å². The van der Waals surface area contributed by atoms with Crippen molar-refractivity contribution in [3.63, 3.8) is 0 Å². The minimum absolute atomic E-state index is 0.0262. The summed E-state index contributed by atoms with van der Waals surface area (Å²) in [7, 11) is 0. The van der Waals surface area contributed by atoms with E-state index >= 15 is 0 Å². The quantitative estimate of drug-likeness (QED) is 0.278. The molecular formula is C26H22F6N4O3. The number of benzene rings is 3. The Bertz CT molecular complexity index is 1390. The number of carbonyl (C=O) groups excluding carboxylic acids is 2. The first-order chi connectivity index (χ1) is 18.3. The second-order valence-corrected chi connectivity index (χ2v) is 8.46. The van der Waals surface area contributed by atoms with E-state index in [1.165, 1.54) is 48.5 Å². The van der Waals surface area contributed by atoms with Crippen LogP contribution in [0.25, 0.3) is 0 Å². The molecule has 2 amide bonds. The summed E-state index contributed by atoms with van der Waals surface area (Å²) in [6, 6.07) is 13.4. The van der Waals surface area contributed by atoms with Crippen molar-refractivity contribution in [2.75, 3.05) is 22.6 Å². The predicted molar refractivity (Wildman–Crippen MR) is 131 cm³/mol. The number of hydrogen-bond donors (Lipinski definition) is 4. The molecule has 206 valence electrons. The van der Waals surface area contributed by atoms with E-state index in [2.05, 4.69) is 21.3 Å². The molecule has 7 nitrogen and oxygen atoms in total. The normalized spacial score (nSPS) is 16.6. The van der Waals surface area contributed by atoms with Gasteiger partial charge in [0, 0.05) is 18.8 Å². The van der Waals surface area contributed by atoms with Gasteiger partial charge in [0.15, 0.2) is 0 Å². The third-order valence-corrected chi connectivity index (χ3v) is 5.82. The molecule has 0 radical (unpaired) electrons. The lowest BCUT2D eigenvalue weighted by Crippen LogP contribution is -2.57. The second kappa shape index (κ2) is 10.5. The van der Waals surface area contributed by atoms with Gasteiger partial charge >= 0.3 is 12.4 Å². The zero-order chi connectivity index (χ0) is 28.4. The van der Waals surface area contributed by atoms with Gasteiger partial charge in [-0.3, -0.25) is 9.59 Å². The molecule has 1 heterocycles. The first-order valence-electron chi connectivity index (χ1n) is 11.6. The first-order valence-corrected chi connectivity index (χ1v) is 11.6. The van der Waals surface area contributed by atoms with Crippen LogP contribution in [0.15, 0.2) is 66.7 Å². The lowest BCUT2D eigenvalue weighted by molar-refractivity contribution is -0.141. The number of amides is 2. The summed E-state index contributed by atoms with van der Waals surface area (Å²) in [6.45, 7) is 1.19. The highest BCUT2D eigenvalue weighted by atomic mass is 19.4. The summed E-state index contributed by atoms with van der Waals surface area (Å²) in [5.74, 6) is -3.70. The fraction of sp³-hybridized carbons (Fsp3) is 0.231. The van der Waals surface area contributed by atoms with Crippen molar-refractivity contribution < 1.29 is 40.7 Å². The largest absolute Gasteiger partial charge is 0.417 e. The summed E-state index contributed by atoms with van der Waals surface area (Å²) in [4.78, 5) is 25.7. The van der Waals surface area contributed by atoms with Gasteiger partial charge in [-0.05, 0) is 48.9 Å². The van der Waals surface area contributed by atoms with E-state index in [-0.39, 0.29) is 23.5 Å². The Morgan fingerprint density at radius 3 is 2.13 bits per heavy atom. The topological polar surface area (TPSA) is 91.5 Å². The van der Waals surface area contributed by atoms with Crippen LogP contribution in [0.5, 0.6) is 0 Å². The molecule has 0 aliphatic carbocycles. The zero-order valence-electron chi connectivity index (χ0n) is 20.3. The minimum Gasteiger partial charge on any atom is -0.346 e. The molecular weight excluding hydrogens is 530 g/mol. The van der Waals surface area contributed by atoms with Crippen LogP contribution in [-0.4, -0.2) is 24.3 Å². The van der Waals surface area contributed by atoms with Gasteiger partial charge in [0.1, 0.15) is 0 Å². The standard InChI is InChI=1S/C26H22F6N4O3/c1-2-39-26(23(38)33-14-15-7-3-5-9-18(15)24(27,28)29)35-20-12-11-16(13-21(20)36-26)34-22(37)17-8-4-6-10-19(17)25(30,31)32/h3-13,35-36H,2,14H2,1H3,(H,33,38)(H,34,37). The van der Waals surface area contributed by atoms with Crippen LogP contribution in [0.4, 0.5) is 43.4 Å². The van der Waals surface area contributed by atoms with Crippen molar-refractivity contribution in [3.05, 3.63) is 89.0 Å². The monoisotopic (exact) mass is 552 g/mol. The zero-order valence-corrected chi connectivity index (χ0v) is 20.3. The van der Waals surface area contributed by atoms with Crippen molar-refractivity contribution in [3.8, 4) is 0 Å². The van der Waals surface area contributed by atoms with Crippen molar-refractivity contribution in [1.29, 1.82) is 0 Å². The van der Waals surface area contributed by atoms with Gasteiger partial charge in [-0.25, -0.2) is 0 Å². The molecule has 1 aliphatic heterocycles. The SMILES string of the molecule is CCOC1(C(=O)NCc2ccccc2C(F)(F)F)Nc2ccc(NC(=O)c3ccccc3C(F)(F)F)cc2N1. The molecule has 0 spiro atoms. The van der Waals surface area contributed by atoms with E-state index in [4.69, 9.17) is 4.74 Å². The minimum atomic E-state index is -4.73. The van der Waals surface area contributed by atoms with Crippen molar-refractivity contribution in [2.24, 2.45) is 0 Å². The second-order valence-electron chi connectivity index (χ2n) is 8.46. The van der Waals surface area contributed by atoms with Gasteiger partial charge in [-0.2, -0.15) is 26.3 Å². The highest BCUT2D eigenvalue weighted by Crippen LogP contribution is 2.38. The van der Waals surface area contributed by atoms with Crippen molar-refractivity contribution in [1.82, 2.24) is 5.32 Å². The molecule has 39 heavy (non-hydrogen) atoms. The molecule has 3 aromatic carbocycles. The van der Waals surface area contributed by atoms with Crippen LogP contribution in [-0.2, 0) is 28.4 Å². The molecule has 1 atom stereocenters. The fourth-order valence-electron chi connectivity index (χ4n) is 4.09. The number of halogens is 6. The third kappa shape index (κ3) is 5.93. The van der Waals surface area contributed by atoms with E-state index < -0.39 is 53.3 Å². The van der Waals surface area contributed by atoms with Crippen LogP contribution in [0.3, 0.4) is 0 Å². The van der Waals surface area contributed by atoms with Crippen LogP contribution in [0, 0.1) is 0 Å². The maximum atomic E-state index is 13.3.